The maximum absolute atomic E-state index is 14.6. The minimum absolute atomic E-state index is 0.0117. The van der Waals surface area contributed by atoms with Crippen LogP contribution in [0.5, 0.6) is 0 Å². The number of rotatable bonds is 5. The highest BCUT2D eigenvalue weighted by atomic mass is 19.1. The molecule has 2 saturated heterocycles. The smallest absolute Gasteiger partial charge is 0.166 e. The number of piperidine rings is 2. The predicted octanol–water partition coefficient (Wildman–Crippen LogP) is 3.86. The van der Waals surface area contributed by atoms with Gasteiger partial charge >= 0.3 is 0 Å². The number of carbonyl (C=O) groups is 2. The van der Waals surface area contributed by atoms with E-state index in [1.807, 2.05) is 0 Å². The topological polar surface area (TPSA) is 58.2 Å². The highest BCUT2D eigenvalue weighted by Crippen LogP contribution is 2.28. The first-order valence-electron chi connectivity index (χ1n) is 10.5. The van der Waals surface area contributed by atoms with E-state index in [2.05, 4.69) is 10.6 Å². The lowest BCUT2D eigenvalue weighted by Gasteiger charge is -2.22. The summed E-state index contributed by atoms with van der Waals surface area (Å²) >= 11 is 0. The fourth-order valence-corrected chi connectivity index (χ4v) is 4.38. The molecule has 0 amide bonds. The summed E-state index contributed by atoms with van der Waals surface area (Å²) in [6, 6.07) is 11.8. The van der Waals surface area contributed by atoms with Crippen LogP contribution < -0.4 is 10.6 Å². The molecule has 0 unspecified atom stereocenters. The van der Waals surface area contributed by atoms with E-state index in [4.69, 9.17) is 0 Å². The van der Waals surface area contributed by atoms with E-state index < -0.39 is 0 Å². The first kappa shape index (κ1) is 19.9. The van der Waals surface area contributed by atoms with Crippen molar-refractivity contribution in [2.75, 3.05) is 26.2 Å². The van der Waals surface area contributed by atoms with Crippen molar-refractivity contribution in [1.82, 2.24) is 10.6 Å². The van der Waals surface area contributed by atoms with E-state index in [1.54, 1.807) is 36.4 Å². The Labute approximate surface area is 170 Å². The number of ketones is 2. The van der Waals surface area contributed by atoms with Gasteiger partial charge in [-0.15, -0.1) is 0 Å². The molecule has 2 aliphatic heterocycles. The van der Waals surface area contributed by atoms with E-state index in [9.17, 15) is 14.0 Å². The minimum atomic E-state index is -0.377. The molecule has 0 spiro atoms. The number of benzene rings is 2. The van der Waals surface area contributed by atoms with Crippen LogP contribution in [0.25, 0.3) is 11.1 Å². The Morgan fingerprint density at radius 2 is 1.31 bits per heavy atom. The third-order valence-electron chi connectivity index (χ3n) is 6.13. The summed E-state index contributed by atoms with van der Waals surface area (Å²) in [5.74, 6) is -0.171. The second-order valence-electron chi connectivity index (χ2n) is 8.05. The summed E-state index contributed by atoms with van der Waals surface area (Å²) in [4.78, 5) is 25.7. The monoisotopic (exact) mass is 394 g/mol. The van der Waals surface area contributed by atoms with E-state index in [1.165, 1.54) is 6.07 Å². The van der Waals surface area contributed by atoms with Crippen molar-refractivity contribution in [3.8, 4) is 11.1 Å². The molecule has 4 rings (SSSR count). The van der Waals surface area contributed by atoms with Crippen molar-refractivity contribution < 1.29 is 14.0 Å². The van der Waals surface area contributed by atoms with Crippen LogP contribution >= 0.6 is 0 Å². The summed E-state index contributed by atoms with van der Waals surface area (Å²) in [5.41, 5.74) is 2.18. The molecule has 0 aromatic heterocycles. The van der Waals surface area contributed by atoms with Gasteiger partial charge in [0, 0.05) is 28.5 Å². The minimum Gasteiger partial charge on any atom is -0.317 e. The Morgan fingerprint density at radius 3 is 1.90 bits per heavy atom. The highest BCUT2D eigenvalue weighted by Gasteiger charge is 2.24. The first-order chi connectivity index (χ1) is 14.1. The quantitative estimate of drug-likeness (QED) is 0.756. The number of Topliss-reactive ketones (excluding diaryl/α,β-unsaturated/α-hetero) is 2. The molecule has 2 aliphatic rings. The van der Waals surface area contributed by atoms with Crippen LogP contribution in [0.4, 0.5) is 4.39 Å². The van der Waals surface area contributed by atoms with Gasteiger partial charge in [-0.2, -0.15) is 0 Å². The molecule has 0 radical (unpaired) electrons. The van der Waals surface area contributed by atoms with E-state index in [0.717, 1.165) is 51.9 Å². The maximum atomic E-state index is 14.6. The van der Waals surface area contributed by atoms with Gasteiger partial charge < -0.3 is 10.6 Å². The fourth-order valence-electron chi connectivity index (χ4n) is 4.38. The van der Waals surface area contributed by atoms with Gasteiger partial charge in [0.25, 0.3) is 0 Å². The molecule has 0 aliphatic carbocycles. The Morgan fingerprint density at radius 1 is 0.759 bits per heavy atom. The van der Waals surface area contributed by atoms with Gasteiger partial charge in [0.05, 0.1) is 0 Å². The predicted molar refractivity (Wildman–Crippen MR) is 112 cm³/mol. The van der Waals surface area contributed by atoms with Crippen LogP contribution in [0, 0.1) is 17.7 Å². The first-order valence-corrected chi connectivity index (χ1v) is 10.5. The molecule has 0 bridgehead atoms. The summed E-state index contributed by atoms with van der Waals surface area (Å²) in [5, 5.41) is 6.53. The van der Waals surface area contributed by atoms with Crippen molar-refractivity contribution in [1.29, 1.82) is 0 Å². The molecule has 2 aromatic rings. The largest absolute Gasteiger partial charge is 0.317 e. The lowest BCUT2D eigenvalue weighted by atomic mass is 9.87. The van der Waals surface area contributed by atoms with Crippen LogP contribution in [0.1, 0.15) is 46.4 Å². The average Bonchev–Trinajstić information content (AvgIpc) is 2.79. The molecule has 2 heterocycles. The van der Waals surface area contributed by atoms with Crippen molar-refractivity contribution >= 4 is 11.6 Å². The number of hydrogen-bond donors (Lipinski definition) is 2. The standard InChI is InChI=1S/C24H27FN2O2/c25-22-5-4-20(24(29)17-8-12-27-13-9-17)15-21(22)18-2-1-3-19(14-18)23(28)16-6-10-26-11-7-16/h1-5,14-17,26-27H,6-13H2. The summed E-state index contributed by atoms with van der Waals surface area (Å²) < 4.78 is 14.6. The fraction of sp³-hybridized carbons (Fsp3) is 0.417. The number of halogens is 1. The SMILES string of the molecule is O=C(c1cccc(-c2cc(C(=O)C3CCNCC3)ccc2F)c1)C1CCNCC1. The van der Waals surface area contributed by atoms with Crippen molar-refractivity contribution in [2.24, 2.45) is 11.8 Å². The van der Waals surface area contributed by atoms with Crippen LogP contribution in [-0.4, -0.2) is 37.7 Å². The van der Waals surface area contributed by atoms with E-state index in [-0.39, 0.29) is 29.2 Å². The summed E-state index contributed by atoms with van der Waals surface area (Å²) in [7, 11) is 0. The highest BCUT2D eigenvalue weighted by molar-refractivity contribution is 6.00. The van der Waals surface area contributed by atoms with Gasteiger partial charge in [-0.25, -0.2) is 4.39 Å². The van der Waals surface area contributed by atoms with Gasteiger partial charge in [0.1, 0.15) is 5.82 Å². The van der Waals surface area contributed by atoms with Crippen molar-refractivity contribution in [3.63, 3.8) is 0 Å². The maximum Gasteiger partial charge on any atom is 0.166 e. The van der Waals surface area contributed by atoms with E-state index >= 15 is 0 Å². The Balaban J connectivity index is 1.60. The zero-order chi connectivity index (χ0) is 20.2. The average molecular weight is 394 g/mol. The Kier molecular flexibility index (Phi) is 6.16. The van der Waals surface area contributed by atoms with Crippen LogP contribution in [0.2, 0.25) is 0 Å². The lowest BCUT2D eigenvalue weighted by molar-refractivity contribution is 0.0887. The normalized spacial score (nSPS) is 18.5. The molecule has 5 heteroatoms. The molecule has 152 valence electrons. The molecule has 29 heavy (non-hydrogen) atoms. The molecular weight excluding hydrogens is 367 g/mol. The van der Waals surface area contributed by atoms with E-state index in [0.29, 0.717) is 22.3 Å². The second kappa shape index (κ2) is 8.97. The molecule has 0 atom stereocenters. The molecule has 4 nitrogen and oxygen atoms in total. The van der Waals surface area contributed by atoms with Crippen molar-refractivity contribution in [2.45, 2.75) is 25.7 Å². The third-order valence-corrected chi connectivity index (χ3v) is 6.13. The summed E-state index contributed by atoms with van der Waals surface area (Å²) in [6.07, 6.45) is 3.28. The number of carbonyl (C=O) groups excluding carboxylic acids is 2. The lowest BCUT2D eigenvalue weighted by Crippen LogP contribution is -2.32. The summed E-state index contributed by atoms with van der Waals surface area (Å²) in [6.45, 7) is 3.38. The van der Waals surface area contributed by atoms with Crippen LogP contribution in [0.15, 0.2) is 42.5 Å². The van der Waals surface area contributed by atoms with Crippen molar-refractivity contribution in [3.05, 3.63) is 59.4 Å². The van der Waals surface area contributed by atoms with Crippen LogP contribution in [0.3, 0.4) is 0 Å². The van der Waals surface area contributed by atoms with Gasteiger partial charge in [-0.3, -0.25) is 9.59 Å². The van der Waals surface area contributed by atoms with Gasteiger partial charge in [-0.1, -0.05) is 18.2 Å². The third kappa shape index (κ3) is 4.46. The van der Waals surface area contributed by atoms with Crippen LogP contribution in [-0.2, 0) is 0 Å². The number of nitrogens with one attached hydrogen (secondary N) is 2. The van der Waals surface area contributed by atoms with Gasteiger partial charge in [0.15, 0.2) is 11.6 Å². The zero-order valence-electron chi connectivity index (χ0n) is 16.5. The molecule has 2 fully saturated rings. The Hall–Kier alpha value is -2.37. The molecule has 2 aromatic carbocycles. The number of hydrogen-bond acceptors (Lipinski definition) is 4. The Bertz CT molecular complexity index is 900. The molecule has 0 saturated carbocycles. The second-order valence-corrected chi connectivity index (χ2v) is 8.05. The van der Waals surface area contributed by atoms with Gasteiger partial charge in [-0.05, 0) is 81.7 Å². The van der Waals surface area contributed by atoms with Gasteiger partial charge in [0.2, 0.25) is 0 Å². The molecular formula is C24H27FN2O2. The zero-order valence-corrected chi connectivity index (χ0v) is 16.5. The molecule has 2 N–H and O–H groups in total.